The highest BCUT2D eigenvalue weighted by atomic mass is 32.2. The van der Waals surface area contributed by atoms with Crippen LogP contribution in [0.4, 0.5) is 39.5 Å². The topological polar surface area (TPSA) is 26.3 Å². The maximum absolute atomic E-state index is 13.4. The predicted octanol–water partition coefficient (Wildman–Crippen LogP) is 6.09. The van der Waals surface area contributed by atoms with Crippen molar-refractivity contribution in [3.05, 3.63) is 0 Å². The first-order valence-corrected chi connectivity index (χ1v) is 9.00. The summed E-state index contributed by atoms with van der Waals surface area (Å²) in [6.07, 6.45) is -8.79. The summed E-state index contributed by atoms with van der Waals surface area (Å²) in [4.78, 5) is 11.9. The van der Waals surface area contributed by atoms with E-state index in [1.54, 1.807) is 13.8 Å². The Labute approximate surface area is 155 Å². The Morgan fingerprint density at radius 3 is 1.85 bits per heavy atom. The SMILES string of the molecule is CCCOC(=O)C(C)(CC)SCCCC(F)(F)C(F)(F)C(F)(F)C(F)(F)F. The molecule has 0 aliphatic heterocycles. The molecule has 162 valence electrons. The predicted molar refractivity (Wildman–Crippen MR) is 82.5 cm³/mol. The molecule has 0 aromatic heterocycles. The normalized spacial score (nSPS) is 16.1. The zero-order chi connectivity index (χ0) is 21.7. The zero-order valence-electron chi connectivity index (χ0n) is 14.9. The van der Waals surface area contributed by atoms with E-state index in [4.69, 9.17) is 4.74 Å². The molecule has 0 spiro atoms. The zero-order valence-corrected chi connectivity index (χ0v) is 15.7. The number of ether oxygens (including phenoxy) is 1. The number of hydrogen-bond donors (Lipinski definition) is 0. The number of thioether (sulfide) groups is 1. The first-order chi connectivity index (χ1) is 12.0. The van der Waals surface area contributed by atoms with Crippen molar-refractivity contribution in [2.45, 2.75) is 75.1 Å². The number of rotatable bonds is 11. The number of carbonyl (C=O) groups is 1. The van der Waals surface area contributed by atoms with Gasteiger partial charge in [-0.3, -0.25) is 4.79 Å². The van der Waals surface area contributed by atoms with Crippen molar-refractivity contribution in [2.24, 2.45) is 0 Å². The molecule has 0 aliphatic rings. The lowest BCUT2D eigenvalue weighted by atomic mass is 10.00. The van der Waals surface area contributed by atoms with Crippen LogP contribution in [0.5, 0.6) is 0 Å². The van der Waals surface area contributed by atoms with Gasteiger partial charge in [-0.05, 0) is 31.9 Å². The molecular formula is C15H21F9O2S. The van der Waals surface area contributed by atoms with Gasteiger partial charge in [-0.2, -0.15) is 39.5 Å². The molecule has 0 amide bonds. The van der Waals surface area contributed by atoms with E-state index in [9.17, 15) is 44.3 Å². The van der Waals surface area contributed by atoms with Crippen LogP contribution in [0.25, 0.3) is 0 Å². The maximum atomic E-state index is 13.4. The van der Waals surface area contributed by atoms with Gasteiger partial charge in [0, 0.05) is 6.42 Å². The number of esters is 1. The Morgan fingerprint density at radius 2 is 1.44 bits per heavy atom. The third-order valence-electron chi connectivity index (χ3n) is 3.81. The second kappa shape index (κ2) is 9.13. The second-order valence-corrected chi connectivity index (χ2v) is 7.62. The lowest BCUT2D eigenvalue weighted by Gasteiger charge is -2.33. The Balaban J connectivity index is 4.94. The van der Waals surface area contributed by atoms with Gasteiger partial charge >= 0.3 is 29.9 Å². The molecule has 2 nitrogen and oxygen atoms in total. The molecule has 1 atom stereocenters. The van der Waals surface area contributed by atoms with Crippen molar-refractivity contribution >= 4 is 17.7 Å². The van der Waals surface area contributed by atoms with Crippen LogP contribution in [-0.4, -0.2) is 47.0 Å². The largest absolute Gasteiger partial charge is 0.465 e. The van der Waals surface area contributed by atoms with Gasteiger partial charge in [0.25, 0.3) is 0 Å². The summed E-state index contributed by atoms with van der Waals surface area (Å²) in [5, 5.41) is 0. The van der Waals surface area contributed by atoms with Crippen LogP contribution in [0.15, 0.2) is 0 Å². The maximum Gasteiger partial charge on any atom is 0.460 e. The minimum atomic E-state index is -6.88. The number of alkyl halides is 9. The van der Waals surface area contributed by atoms with Gasteiger partial charge < -0.3 is 4.74 Å². The Kier molecular flexibility index (Phi) is 8.85. The van der Waals surface area contributed by atoms with Crippen LogP contribution >= 0.6 is 11.8 Å². The highest BCUT2D eigenvalue weighted by Gasteiger charge is 2.81. The van der Waals surface area contributed by atoms with Gasteiger partial charge in [0.05, 0.1) is 6.61 Å². The Bertz CT molecular complexity index is 494. The van der Waals surface area contributed by atoms with Gasteiger partial charge in [0.15, 0.2) is 0 Å². The summed E-state index contributed by atoms with van der Waals surface area (Å²) in [5.74, 6) is -20.1. The Morgan fingerprint density at radius 1 is 0.926 bits per heavy atom. The molecule has 0 aromatic carbocycles. The molecule has 1 unspecified atom stereocenters. The van der Waals surface area contributed by atoms with Crippen molar-refractivity contribution in [2.75, 3.05) is 12.4 Å². The fraction of sp³-hybridized carbons (Fsp3) is 0.933. The molecule has 0 N–H and O–H groups in total. The van der Waals surface area contributed by atoms with Crippen LogP contribution in [0.2, 0.25) is 0 Å². The summed E-state index contributed by atoms with van der Waals surface area (Å²) >= 11 is 0.784. The van der Waals surface area contributed by atoms with E-state index in [1.807, 2.05) is 0 Å². The molecule has 0 fully saturated rings. The first kappa shape index (κ1) is 26.2. The summed E-state index contributed by atoms with van der Waals surface area (Å²) < 4.78 is 119. The molecule has 27 heavy (non-hydrogen) atoms. The van der Waals surface area contributed by atoms with Gasteiger partial charge in [-0.25, -0.2) is 0 Å². The molecule has 0 rings (SSSR count). The van der Waals surface area contributed by atoms with E-state index in [2.05, 4.69) is 0 Å². The van der Waals surface area contributed by atoms with E-state index in [1.165, 1.54) is 6.92 Å². The van der Waals surface area contributed by atoms with E-state index in [0.717, 1.165) is 11.8 Å². The quantitative estimate of drug-likeness (QED) is 0.223. The lowest BCUT2D eigenvalue weighted by molar-refractivity contribution is -0.396. The smallest absolute Gasteiger partial charge is 0.460 e. The Hall–Kier alpha value is -0.810. The average Bonchev–Trinajstić information content (AvgIpc) is 2.54. The number of halogens is 9. The number of hydrogen-bond acceptors (Lipinski definition) is 3. The minimum absolute atomic E-state index is 0.117. The summed E-state index contributed by atoms with van der Waals surface area (Å²) in [6, 6.07) is 0. The van der Waals surface area contributed by atoms with Crippen LogP contribution in [0.3, 0.4) is 0 Å². The van der Waals surface area contributed by atoms with Gasteiger partial charge in [-0.1, -0.05) is 13.8 Å². The monoisotopic (exact) mass is 436 g/mol. The van der Waals surface area contributed by atoms with Crippen LogP contribution in [-0.2, 0) is 9.53 Å². The molecule has 0 radical (unpaired) electrons. The van der Waals surface area contributed by atoms with Crippen LogP contribution in [0, 0.1) is 0 Å². The van der Waals surface area contributed by atoms with Crippen LogP contribution < -0.4 is 0 Å². The summed E-state index contributed by atoms with van der Waals surface area (Å²) in [5.41, 5.74) is 0. The summed E-state index contributed by atoms with van der Waals surface area (Å²) in [7, 11) is 0. The summed E-state index contributed by atoms with van der Waals surface area (Å²) in [6.45, 7) is 4.88. The van der Waals surface area contributed by atoms with E-state index in [-0.39, 0.29) is 18.8 Å². The third kappa shape index (κ3) is 5.83. The van der Waals surface area contributed by atoms with Gasteiger partial charge in [-0.15, -0.1) is 11.8 Å². The fourth-order valence-electron chi connectivity index (χ4n) is 1.81. The van der Waals surface area contributed by atoms with Crippen molar-refractivity contribution in [1.29, 1.82) is 0 Å². The molecule has 0 bridgehead atoms. The molecule has 0 saturated carbocycles. The molecule has 0 aliphatic carbocycles. The highest BCUT2D eigenvalue weighted by molar-refractivity contribution is 8.01. The molecule has 0 saturated heterocycles. The van der Waals surface area contributed by atoms with Crippen LogP contribution in [0.1, 0.15) is 46.5 Å². The number of carbonyl (C=O) groups excluding carboxylic acids is 1. The van der Waals surface area contributed by atoms with Crippen molar-refractivity contribution < 1.29 is 49.0 Å². The molecule has 0 aromatic rings. The van der Waals surface area contributed by atoms with Crippen molar-refractivity contribution in [3.63, 3.8) is 0 Å². The van der Waals surface area contributed by atoms with E-state index in [0.29, 0.717) is 6.42 Å². The molecule has 12 heteroatoms. The van der Waals surface area contributed by atoms with Gasteiger partial charge in [0.2, 0.25) is 0 Å². The fourth-order valence-corrected chi connectivity index (χ4v) is 2.93. The molecular weight excluding hydrogens is 415 g/mol. The lowest BCUT2D eigenvalue weighted by Crippen LogP contribution is -2.60. The van der Waals surface area contributed by atoms with E-state index < -0.39 is 47.5 Å². The van der Waals surface area contributed by atoms with Gasteiger partial charge in [0.1, 0.15) is 4.75 Å². The standard InChI is InChI=1S/C15H21F9O2S/c1-4-8-26-10(25)11(3,5-2)27-9-6-7-12(16,17)13(18,19)14(20,21)15(22,23)24/h4-9H2,1-3H3. The third-order valence-corrected chi connectivity index (χ3v) is 5.39. The highest BCUT2D eigenvalue weighted by Crippen LogP contribution is 2.54. The second-order valence-electron chi connectivity index (χ2n) is 6.02. The minimum Gasteiger partial charge on any atom is -0.465 e. The average molecular weight is 436 g/mol. The first-order valence-electron chi connectivity index (χ1n) is 8.01. The van der Waals surface area contributed by atoms with E-state index >= 15 is 0 Å². The van der Waals surface area contributed by atoms with Crippen molar-refractivity contribution in [1.82, 2.24) is 0 Å². The van der Waals surface area contributed by atoms with Crippen molar-refractivity contribution in [3.8, 4) is 0 Å². The molecule has 0 heterocycles.